The minimum absolute atomic E-state index is 0.0446. The molecule has 3 rings (SSSR count). The molecule has 1 heterocycles. The van der Waals surface area contributed by atoms with E-state index in [9.17, 15) is 9.59 Å². The second-order valence-corrected chi connectivity index (χ2v) is 6.08. The molecule has 0 aliphatic rings. The number of benzene rings is 2. The Hall–Kier alpha value is -4.47. The van der Waals surface area contributed by atoms with Crippen LogP contribution in [0.15, 0.2) is 65.1 Å². The minimum Gasteiger partial charge on any atom is -0.497 e. The lowest BCUT2D eigenvalue weighted by molar-refractivity contribution is 0.0915. The summed E-state index contributed by atoms with van der Waals surface area (Å²) in [5.41, 5.74) is 5.98. The van der Waals surface area contributed by atoms with Gasteiger partial charge >= 0.3 is 0 Å². The third-order valence-electron chi connectivity index (χ3n) is 4.03. The lowest BCUT2D eigenvalue weighted by Gasteiger charge is -2.02. The van der Waals surface area contributed by atoms with Gasteiger partial charge in [0, 0.05) is 0 Å². The molecule has 31 heavy (non-hydrogen) atoms. The molecule has 2 amide bonds. The van der Waals surface area contributed by atoms with Crippen LogP contribution in [0.25, 0.3) is 0 Å². The van der Waals surface area contributed by atoms with Crippen molar-refractivity contribution in [2.75, 3.05) is 14.2 Å². The van der Waals surface area contributed by atoms with Crippen molar-refractivity contribution in [3.8, 4) is 11.5 Å². The van der Waals surface area contributed by atoms with Crippen LogP contribution in [0.5, 0.6) is 11.5 Å². The second kappa shape index (κ2) is 10.3. The fraction of sp³-hybridized carbons (Fsp3) is 0.0952. The van der Waals surface area contributed by atoms with Gasteiger partial charge in [0.15, 0.2) is 5.69 Å². The Balaban J connectivity index is 1.61. The summed E-state index contributed by atoms with van der Waals surface area (Å²) in [6, 6.07) is 14.3. The molecule has 0 saturated heterocycles. The van der Waals surface area contributed by atoms with E-state index in [-0.39, 0.29) is 11.4 Å². The van der Waals surface area contributed by atoms with Crippen LogP contribution >= 0.6 is 0 Å². The third-order valence-corrected chi connectivity index (χ3v) is 4.03. The van der Waals surface area contributed by atoms with Crippen molar-refractivity contribution in [2.45, 2.75) is 0 Å². The smallest absolute Gasteiger partial charge is 0.292 e. The van der Waals surface area contributed by atoms with E-state index in [4.69, 9.17) is 9.47 Å². The van der Waals surface area contributed by atoms with Gasteiger partial charge in [-0.3, -0.25) is 9.59 Å². The molecule has 0 fully saturated rings. The van der Waals surface area contributed by atoms with Gasteiger partial charge in [0.1, 0.15) is 17.2 Å². The summed E-state index contributed by atoms with van der Waals surface area (Å²) in [5.74, 6) is 0.0502. The quantitative estimate of drug-likeness (QED) is 0.379. The summed E-state index contributed by atoms with van der Waals surface area (Å²) in [5, 5.41) is 7.77. The molecule has 0 aliphatic carbocycles. The summed E-state index contributed by atoms with van der Waals surface area (Å²) >= 11 is 0. The maximum Gasteiger partial charge on any atom is 0.292 e. The van der Waals surface area contributed by atoms with Gasteiger partial charge in [-0.15, -0.1) is 0 Å². The number of ether oxygens (including phenoxy) is 2. The lowest BCUT2D eigenvalue weighted by atomic mass is 10.2. The van der Waals surface area contributed by atoms with Gasteiger partial charge in [0.25, 0.3) is 11.8 Å². The fourth-order valence-corrected chi connectivity index (χ4v) is 2.52. The molecule has 3 aromatic rings. The molecule has 0 spiro atoms. The minimum atomic E-state index is -0.651. The zero-order chi connectivity index (χ0) is 22.1. The van der Waals surface area contributed by atoms with Crippen LogP contribution in [0, 0.1) is 0 Å². The number of carbonyl (C=O) groups is 2. The van der Waals surface area contributed by atoms with Gasteiger partial charge in [0.05, 0.1) is 33.0 Å². The number of hydrazone groups is 2. The zero-order valence-corrected chi connectivity index (χ0v) is 16.8. The summed E-state index contributed by atoms with van der Waals surface area (Å²) in [4.78, 5) is 31.2. The van der Waals surface area contributed by atoms with E-state index in [2.05, 4.69) is 31.0 Å². The first-order valence-corrected chi connectivity index (χ1v) is 9.09. The van der Waals surface area contributed by atoms with Crippen molar-refractivity contribution < 1.29 is 19.1 Å². The average molecular weight is 420 g/mol. The summed E-state index contributed by atoms with van der Waals surface area (Å²) < 4.78 is 10.3. The van der Waals surface area contributed by atoms with Crippen LogP contribution in [0.2, 0.25) is 0 Å². The van der Waals surface area contributed by atoms with Gasteiger partial charge < -0.3 is 14.5 Å². The van der Waals surface area contributed by atoms with Crippen LogP contribution in [0.1, 0.15) is 32.1 Å². The standard InChI is InChI=1S/C21H20N6O4/c1-30-16-7-3-5-14(9-16)11-24-26-20(28)18-19(23-13-22-18)21(29)27-25-12-15-6-4-8-17(10-15)31-2/h3-13H,1-2H3,(H,22,23)(H,26,28)(H,27,29). The topological polar surface area (TPSA) is 130 Å². The van der Waals surface area contributed by atoms with Crippen molar-refractivity contribution in [2.24, 2.45) is 10.2 Å². The van der Waals surface area contributed by atoms with E-state index in [1.807, 2.05) is 0 Å². The van der Waals surface area contributed by atoms with Crippen molar-refractivity contribution >= 4 is 24.2 Å². The van der Waals surface area contributed by atoms with Crippen LogP contribution in [0.4, 0.5) is 0 Å². The number of imidazole rings is 1. The number of hydrogen-bond donors (Lipinski definition) is 3. The number of nitrogens with zero attached hydrogens (tertiary/aromatic N) is 3. The SMILES string of the molecule is COc1cccc(C=NNC(=O)c2nc[nH]c2C(=O)NN=Cc2cccc(OC)c2)c1. The van der Waals surface area contributed by atoms with Crippen molar-refractivity contribution in [3.05, 3.63) is 77.4 Å². The number of hydrogen-bond acceptors (Lipinski definition) is 7. The Morgan fingerprint density at radius 1 is 0.903 bits per heavy atom. The molecule has 0 saturated carbocycles. The second-order valence-electron chi connectivity index (χ2n) is 6.08. The average Bonchev–Trinajstić information content (AvgIpc) is 3.29. The Bertz CT molecular complexity index is 1040. The molecule has 0 aliphatic heterocycles. The molecule has 0 bridgehead atoms. The van der Waals surface area contributed by atoms with E-state index in [0.717, 1.165) is 11.1 Å². The summed E-state index contributed by atoms with van der Waals surface area (Å²) in [6.07, 6.45) is 4.14. The summed E-state index contributed by atoms with van der Waals surface area (Å²) in [6.45, 7) is 0. The van der Waals surface area contributed by atoms with E-state index < -0.39 is 11.8 Å². The first kappa shape index (κ1) is 21.2. The first-order chi connectivity index (χ1) is 15.1. The molecule has 10 heteroatoms. The maximum atomic E-state index is 12.4. The van der Waals surface area contributed by atoms with Crippen molar-refractivity contribution in [1.82, 2.24) is 20.8 Å². The predicted molar refractivity (Wildman–Crippen MR) is 115 cm³/mol. The van der Waals surface area contributed by atoms with E-state index in [1.165, 1.54) is 18.8 Å². The number of rotatable bonds is 8. The number of aromatic amines is 1. The molecule has 0 radical (unpaired) electrons. The van der Waals surface area contributed by atoms with Gasteiger partial charge in [-0.05, 0) is 35.4 Å². The molecule has 10 nitrogen and oxygen atoms in total. The number of aromatic nitrogens is 2. The van der Waals surface area contributed by atoms with E-state index in [1.54, 1.807) is 62.8 Å². The number of nitrogens with one attached hydrogen (secondary N) is 3. The first-order valence-electron chi connectivity index (χ1n) is 9.09. The fourth-order valence-electron chi connectivity index (χ4n) is 2.52. The van der Waals surface area contributed by atoms with E-state index >= 15 is 0 Å². The highest BCUT2D eigenvalue weighted by Crippen LogP contribution is 2.11. The number of amides is 2. The molecule has 1 aromatic heterocycles. The Kier molecular flexibility index (Phi) is 7.09. The molecule has 3 N–H and O–H groups in total. The van der Waals surface area contributed by atoms with Gasteiger partial charge in [0.2, 0.25) is 0 Å². The molecular formula is C21H20N6O4. The van der Waals surface area contributed by atoms with Gasteiger partial charge in [-0.25, -0.2) is 15.8 Å². The molecule has 2 aromatic carbocycles. The lowest BCUT2D eigenvalue weighted by Crippen LogP contribution is -2.25. The van der Waals surface area contributed by atoms with Crippen molar-refractivity contribution in [1.29, 1.82) is 0 Å². The Labute approximate surface area is 178 Å². The molecule has 158 valence electrons. The Morgan fingerprint density at radius 2 is 1.45 bits per heavy atom. The highest BCUT2D eigenvalue weighted by Gasteiger charge is 2.19. The number of methoxy groups -OCH3 is 2. The maximum absolute atomic E-state index is 12.4. The highest BCUT2D eigenvalue weighted by atomic mass is 16.5. The van der Waals surface area contributed by atoms with Crippen LogP contribution in [-0.2, 0) is 0 Å². The number of carbonyl (C=O) groups excluding carboxylic acids is 2. The molecule has 0 atom stereocenters. The normalized spacial score (nSPS) is 10.9. The predicted octanol–water partition coefficient (Wildman–Crippen LogP) is 1.95. The largest absolute Gasteiger partial charge is 0.497 e. The van der Waals surface area contributed by atoms with Gasteiger partial charge in [-0.2, -0.15) is 10.2 Å². The monoisotopic (exact) mass is 420 g/mol. The van der Waals surface area contributed by atoms with Crippen LogP contribution < -0.4 is 20.3 Å². The van der Waals surface area contributed by atoms with Crippen LogP contribution in [-0.4, -0.2) is 48.4 Å². The molecule has 0 unspecified atom stereocenters. The number of H-pyrrole nitrogens is 1. The zero-order valence-electron chi connectivity index (χ0n) is 16.8. The van der Waals surface area contributed by atoms with Gasteiger partial charge in [-0.1, -0.05) is 24.3 Å². The molecular weight excluding hydrogens is 400 g/mol. The highest BCUT2D eigenvalue weighted by molar-refractivity contribution is 6.05. The Morgan fingerprint density at radius 3 is 2.00 bits per heavy atom. The van der Waals surface area contributed by atoms with Crippen LogP contribution in [0.3, 0.4) is 0 Å². The van der Waals surface area contributed by atoms with E-state index in [0.29, 0.717) is 11.5 Å². The third kappa shape index (κ3) is 5.76. The van der Waals surface area contributed by atoms with Crippen molar-refractivity contribution in [3.63, 3.8) is 0 Å². The summed E-state index contributed by atoms with van der Waals surface area (Å²) in [7, 11) is 3.12.